The lowest BCUT2D eigenvalue weighted by Gasteiger charge is -2.16. The summed E-state index contributed by atoms with van der Waals surface area (Å²) in [6.07, 6.45) is 2.08. The molecule has 2 aliphatic rings. The van der Waals surface area contributed by atoms with E-state index in [0.717, 1.165) is 25.9 Å². The van der Waals surface area contributed by atoms with Crippen LogP contribution < -0.4 is 5.73 Å². The van der Waals surface area contributed by atoms with Gasteiger partial charge in [-0.05, 0) is 24.9 Å². The van der Waals surface area contributed by atoms with Crippen molar-refractivity contribution in [3.63, 3.8) is 0 Å². The van der Waals surface area contributed by atoms with Crippen LogP contribution in [0.15, 0.2) is 30.3 Å². The molecule has 1 spiro atoms. The van der Waals surface area contributed by atoms with Crippen LogP contribution in [0.25, 0.3) is 0 Å². The number of nitrogens with two attached hydrogens (primary N) is 1. The summed E-state index contributed by atoms with van der Waals surface area (Å²) < 4.78 is 0. The second-order valence-electron chi connectivity index (χ2n) is 5.26. The summed E-state index contributed by atoms with van der Waals surface area (Å²) in [4.78, 5) is 14.3. The molecule has 0 radical (unpaired) electrons. The molecule has 1 amide bonds. The van der Waals surface area contributed by atoms with Crippen molar-refractivity contribution >= 4 is 5.91 Å². The number of nitrogens with zero attached hydrogens (tertiary/aromatic N) is 1. The fourth-order valence-corrected chi connectivity index (χ4v) is 3.01. The summed E-state index contributed by atoms with van der Waals surface area (Å²) in [5.41, 5.74) is 6.93. The lowest BCUT2D eigenvalue weighted by atomic mass is 9.93. The largest absolute Gasteiger partial charge is 0.338 e. The summed E-state index contributed by atoms with van der Waals surface area (Å²) >= 11 is 0. The predicted molar refractivity (Wildman–Crippen MR) is 66.1 cm³/mol. The first kappa shape index (κ1) is 10.8. The van der Waals surface area contributed by atoms with Gasteiger partial charge < -0.3 is 10.6 Å². The van der Waals surface area contributed by atoms with Crippen LogP contribution in [0.1, 0.15) is 18.4 Å². The Morgan fingerprint density at radius 3 is 2.53 bits per heavy atom. The maximum atomic E-state index is 12.3. The average molecular weight is 230 g/mol. The van der Waals surface area contributed by atoms with Crippen molar-refractivity contribution in [2.75, 3.05) is 13.1 Å². The molecule has 1 aromatic rings. The predicted octanol–water partition coefficient (Wildman–Crippen LogP) is 1.38. The van der Waals surface area contributed by atoms with Crippen LogP contribution in [0.3, 0.4) is 0 Å². The standard InChI is InChI=1S/C14H18N2O/c15-8-12-10-16(13(17)14(12)6-7-14)9-11-4-2-1-3-5-11/h1-5,12H,6-10,15H2. The fourth-order valence-electron chi connectivity index (χ4n) is 3.01. The van der Waals surface area contributed by atoms with E-state index in [9.17, 15) is 4.79 Å². The molecule has 1 aromatic carbocycles. The monoisotopic (exact) mass is 230 g/mol. The Morgan fingerprint density at radius 2 is 2.00 bits per heavy atom. The summed E-state index contributed by atoms with van der Waals surface area (Å²) in [5.74, 6) is 0.704. The number of benzene rings is 1. The zero-order chi connectivity index (χ0) is 11.9. The van der Waals surface area contributed by atoms with Crippen LogP contribution in [-0.2, 0) is 11.3 Å². The third-order valence-electron chi connectivity index (χ3n) is 4.22. The molecular weight excluding hydrogens is 212 g/mol. The number of rotatable bonds is 3. The molecule has 1 aliphatic heterocycles. The maximum absolute atomic E-state index is 12.3. The van der Waals surface area contributed by atoms with Gasteiger partial charge in [-0.25, -0.2) is 0 Å². The second kappa shape index (κ2) is 3.84. The van der Waals surface area contributed by atoms with Crippen molar-refractivity contribution in [2.24, 2.45) is 17.1 Å². The van der Waals surface area contributed by atoms with Crippen molar-refractivity contribution in [1.29, 1.82) is 0 Å². The van der Waals surface area contributed by atoms with Crippen LogP contribution in [0.5, 0.6) is 0 Å². The molecule has 1 atom stereocenters. The van der Waals surface area contributed by atoms with Gasteiger partial charge in [-0.2, -0.15) is 0 Å². The Bertz CT molecular complexity index is 425. The molecule has 3 rings (SSSR count). The molecule has 1 saturated carbocycles. The first-order valence-corrected chi connectivity index (χ1v) is 6.29. The molecular formula is C14H18N2O. The minimum atomic E-state index is -0.0659. The molecule has 1 unspecified atom stereocenters. The van der Waals surface area contributed by atoms with Crippen molar-refractivity contribution < 1.29 is 4.79 Å². The van der Waals surface area contributed by atoms with E-state index in [2.05, 4.69) is 12.1 Å². The SMILES string of the molecule is NCC1CN(Cc2ccccc2)C(=O)C12CC2. The third kappa shape index (κ3) is 1.65. The first-order chi connectivity index (χ1) is 8.26. The van der Waals surface area contributed by atoms with E-state index in [4.69, 9.17) is 5.73 Å². The van der Waals surface area contributed by atoms with Crippen molar-refractivity contribution in [3.05, 3.63) is 35.9 Å². The van der Waals surface area contributed by atoms with Crippen LogP contribution in [0.4, 0.5) is 0 Å². The number of likely N-dealkylation sites (tertiary alicyclic amines) is 1. The van der Waals surface area contributed by atoms with Gasteiger partial charge in [-0.15, -0.1) is 0 Å². The number of carbonyl (C=O) groups is 1. The summed E-state index contributed by atoms with van der Waals surface area (Å²) in [7, 11) is 0. The molecule has 0 aromatic heterocycles. The normalized spacial score (nSPS) is 25.6. The molecule has 1 aliphatic carbocycles. The van der Waals surface area contributed by atoms with E-state index < -0.39 is 0 Å². The van der Waals surface area contributed by atoms with Gasteiger partial charge in [-0.1, -0.05) is 30.3 Å². The van der Waals surface area contributed by atoms with Gasteiger partial charge in [0.25, 0.3) is 0 Å². The third-order valence-corrected chi connectivity index (χ3v) is 4.22. The highest BCUT2D eigenvalue weighted by molar-refractivity contribution is 5.88. The van der Waals surface area contributed by atoms with E-state index in [0.29, 0.717) is 18.4 Å². The second-order valence-corrected chi connectivity index (χ2v) is 5.26. The smallest absolute Gasteiger partial charge is 0.229 e. The molecule has 2 fully saturated rings. The Hall–Kier alpha value is -1.35. The number of carbonyl (C=O) groups excluding carboxylic acids is 1. The Kier molecular flexibility index (Phi) is 2.44. The van der Waals surface area contributed by atoms with Crippen LogP contribution in [-0.4, -0.2) is 23.9 Å². The van der Waals surface area contributed by atoms with Crippen LogP contribution in [0.2, 0.25) is 0 Å². The lowest BCUT2D eigenvalue weighted by Crippen LogP contribution is -2.27. The van der Waals surface area contributed by atoms with Gasteiger partial charge >= 0.3 is 0 Å². The van der Waals surface area contributed by atoms with E-state index in [1.165, 1.54) is 5.56 Å². The summed E-state index contributed by atoms with van der Waals surface area (Å²) in [5, 5.41) is 0. The maximum Gasteiger partial charge on any atom is 0.229 e. The molecule has 1 saturated heterocycles. The lowest BCUT2D eigenvalue weighted by molar-refractivity contribution is -0.132. The number of hydrogen-bond acceptors (Lipinski definition) is 2. The number of amides is 1. The molecule has 0 bridgehead atoms. The molecule has 1 heterocycles. The topological polar surface area (TPSA) is 46.3 Å². The summed E-state index contributed by atoms with van der Waals surface area (Å²) in [6.45, 7) is 2.21. The highest BCUT2D eigenvalue weighted by Gasteiger charge is 2.60. The zero-order valence-corrected chi connectivity index (χ0v) is 9.93. The number of hydrogen-bond donors (Lipinski definition) is 1. The Balaban J connectivity index is 1.76. The zero-order valence-electron chi connectivity index (χ0n) is 9.93. The van der Waals surface area contributed by atoms with E-state index in [1.807, 2.05) is 23.1 Å². The van der Waals surface area contributed by atoms with Crippen molar-refractivity contribution in [1.82, 2.24) is 4.90 Å². The van der Waals surface area contributed by atoms with Gasteiger partial charge in [0.15, 0.2) is 0 Å². The molecule has 90 valence electrons. The quantitative estimate of drug-likeness (QED) is 0.852. The van der Waals surface area contributed by atoms with Crippen molar-refractivity contribution in [3.8, 4) is 0 Å². The first-order valence-electron chi connectivity index (χ1n) is 6.29. The molecule has 3 nitrogen and oxygen atoms in total. The van der Waals surface area contributed by atoms with Gasteiger partial charge in [-0.3, -0.25) is 4.79 Å². The van der Waals surface area contributed by atoms with Crippen LogP contribution in [0, 0.1) is 11.3 Å². The van der Waals surface area contributed by atoms with Crippen molar-refractivity contribution in [2.45, 2.75) is 19.4 Å². The molecule has 17 heavy (non-hydrogen) atoms. The minimum Gasteiger partial charge on any atom is -0.338 e. The Morgan fingerprint density at radius 1 is 1.29 bits per heavy atom. The van der Waals surface area contributed by atoms with Gasteiger partial charge in [0.2, 0.25) is 5.91 Å². The van der Waals surface area contributed by atoms with E-state index >= 15 is 0 Å². The van der Waals surface area contributed by atoms with Crippen LogP contribution >= 0.6 is 0 Å². The fraction of sp³-hybridized carbons (Fsp3) is 0.500. The van der Waals surface area contributed by atoms with Gasteiger partial charge in [0.05, 0.1) is 5.41 Å². The Labute approximate surface area is 102 Å². The highest BCUT2D eigenvalue weighted by atomic mass is 16.2. The highest BCUT2D eigenvalue weighted by Crippen LogP contribution is 2.56. The molecule has 2 N–H and O–H groups in total. The minimum absolute atomic E-state index is 0.0659. The van der Waals surface area contributed by atoms with E-state index in [-0.39, 0.29) is 5.41 Å². The van der Waals surface area contributed by atoms with E-state index in [1.54, 1.807) is 0 Å². The summed E-state index contributed by atoms with van der Waals surface area (Å²) in [6, 6.07) is 10.2. The van der Waals surface area contributed by atoms with Gasteiger partial charge in [0.1, 0.15) is 0 Å². The average Bonchev–Trinajstić information content (AvgIpc) is 3.11. The van der Waals surface area contributed by atoms with Gasteiger partial charge in [0, 0.05) is 19.0 Å². The molecule has 3 heteroatoms.